The molecule has 0 N–H and O–H groups in total. The van der Waals surface area contributed by atoms with Gasteiger partial charge < -0.3 is 14.1 Å². The highest BCUT2D eigenvalue weighted by Gasteiger charge is 2.38. The van der Waals surface area contributed by atoms with Crippen LogP contribution in [0, 0.1) is 5.92 Å². The zero-order valence-corrected chi connectivity index (χ0v) is 20.2. The van der Waals surface area contributed by atoms with E-state index in [0.29, 0.717) is 23.8 Å². The maximum atomic E-state index is 13.1. The van der Waals surface area contributed by atoms with Crippen molar-refractivity contribution in [2.45, 2.75) is 58.7 Å². The predicted octanol–water partition coefficient (Wildman–Crippen LogP) is 5.72. The van der Waals surface area contributed by atoms with E-state index in [1.807, 2.05) is 30.0 Å². The van der Waals surface area contributed by atoms with Gasteiger partial charge in [-0.25, -0.2) is 0 Å². The number of benzene rings is 1. The number of rotatable bonds is 6. The van der Waals surface area contributed by atoms with Gasteiger partial charge in [-0.3, -0.25) is 4.79 Å². The largest absolute Gasteiger partial charge is 0.492 e. The van der Waals surface area contributed by atoms with Crippen LogP contribution in [0.3, 0.4) is 0 Å². The second kappa shape index (κ2) is 9.10. The van der Waals surface area contributed by atoms with Gasteiger partial charge in [0.25, 0.3) is 5.91 Å². The van der Waals surface area contributed by atoms with Gasteiger partial charge in [-0.15, -0.1) is 0 Å². The van der Waals surface area contributed by atoms with E-state index in [1.54, 1.807) is 0 Å². The number of nitrogens with zero attached hydrogens (tertiary/aromatic N) is 1. The van der Waals surface area contributed by atoms with Crippen molar-refractivity contribution in [3.8, 4) is 5.75 Å². The molecule has 2 rings (SSSR count). The quantitative estimate of drug-likeness (QED) is 0.514. The first-order chi connectivity index (χ1) is 12.6. The summed E-state index contributed by atoms with van der Waals surface area (Å²) in [4.78, 5) is 15.1. The number of piperidine rings is 1. The third-order valence-electron chi connectivity index (χ3n) is 5.78. The first kappa shape index (κ1) is 22.4. The average molecular weight is 456 g/mol. The number of likely N-dealkylation sites (tertiary alicyclic amines) is 1. The summed E-state index contributed by atoms with van der Waals surface area (Å²) in [5, 5.41) is 0.208. The molecule has 0 unspecified atom stereocenters. The minimum atomic E-state index is -1.76. The number of carbonyl (C=O) groups is 1. The lowest BCUT2D eigenvalue weighted by molar-refractivity contribution is 0.0622. The van der Waals surface area contributed by atoms with Gasteiger partial charge in [0, 0.05) is 19.7 Å². The fourth-order valence-electron chi connectivity index (χ4n) is 3.07. The van der Waals surface area contributed by atoms with E-state index in [4.69, 9.17) is 9.16 Å². The molecule has 1 saturated heterocycles. The molecule has 1 aromatic rings. The molecule has 4 nitrogen and oxygen atoms in total. The van der Waals surface area contributed by atoms with E-state index < -0.39 is 8.32 Å². The molecule has 1 atom stereocenters. The van der Waals surface area contributed by atoms with Crippen LogP contribution in [0.4, 0.5) is 0 Å². The Morgan fingerprint density at radius 3 is 2.67 bits per heavy atom. The van der Waals surface area contributed by atoms with Crippen LogP contribution in [0.25, 0.3) is 0 Å². The highest BCUT2D eigenvalue weighted by Crippen LogP contribution is 2.37. The highest BCUT2D eigenvalue weighted by molar-refractivity contribution is 9.10. The molecular formula is C21H34BrNO3Si. The van der Waals surface area contributed by atoms with E-state index in [2.05, 4.69) is 49.8 Å². The molecule has 0 radical (unpaired) electrons. The summed E-state index contributed by atoms with van der Waals surface area (Å²) in [6.45, 7) is 16.1. The molecule has 152 valence electrons. The lowest BCUT2D eigenvalue weighted by Gasteiger charge is -2.39. The monoisotopic (exact) mass is 455 g/mol. The Kier molecular flexibility index (Phi) is 7.56. The molecule has 0 aliphatic carbocycles. The Labute approximate surface area is 173 Å². The Hall–Kier alpha value is -0.853. The molecule has 27 heavy (non-hydrogen) atoms. The van der Waals surface area contributed by atoms with E-state index in [1.165, 1.54) is 0 Å². The normalized spacial score (nSPS) is 18.5. The van der Waals surface area contributed by atoms with Crippen molar-refractivity contribution in [1.29, 1.82) is 0 Å². The summed E-state index contributed by atoms with van der Waals surface area (Å²) in [7, 11) is -1.76. The molecule has 1 aromatic carbocycles. The minimum absolute atomic E-state index is 0.0526. The predicted molar refractivity (Wildman–Crippen MR) is 117 cm³/mol. The zero-order valence-electron chi connectivity index (χ0n) is 17.6. The van der Waals surface area contributed by atoms with Gasteiger partial charge in [-0.1, -0.05) is 26.8 Å². The number of amides is 1. The van der Waals surface area contributed by atoms with Gasteiger partial charge in [-0.05, 0) is 71.9 Å². The highest BCUT2D eigenvalue weighted by atomic mass is 79.9. The Morgan fingerprint density at radius 1 is 1.33 bits per heavy atom. The summed E-state index contributed by atoms with van der Waals surface area (Å²) in [6, 6.07) is 5.66. The molecule has 1 aliphatic heterocycles. The lowest BCUT2D eigenvalue weighted by atomic mass is 9.98. The number of halogens is 1. The Morgan fingerprint density at radius 2 is 2.04 bits per heavy atom. The smallest absolute Gasteiger partial charge is 0.257 e. The number of hydrogen-bond donors (Lipinski definition) is 0. The van der Waals surface area contributed by atoms with Crippen molar-refractivity contribution >= 4 is 30.2 Å². The molecule has 6 heteroatoms. The van der Waals surface area contributed by atoms with Gasteiger partial charge >= 0.3 is 0 Å². The minimum Gasteiger partial charge on any atom is -0.492 e. The summed E-state index contributed by atoms with van der Waals surface area (Å²) < 4.78 is 13.0. The number of para-hydroxylation sites is 1. The van der Waals surface area contributed by atoms with Crippen LogP contribution in [-0.2, 0) is 4.43 Å². The van der Waals surface area contributed by atoms with Gasteiger partial charge in [0.2, 0.25) is 0 Å². The topological polar surface area (TPSA) is 38.8 Å². The molecular weight excluding hydrogens is 422 g/mol. The van der Waals surface area contributed by atoms with Crippen LogP contribution >= 0.6 is 15.9 Å². The van der Waals surface area contributed by atoms with Crippen molar-refractivity contribution in [3.05, 3.63) is 28.2 Å². The lowest BCUT2D eigenvalue weighted by Crippen LogP contribution is -2.45. The van der Waals surface area contributed by atoms with Crippen LogP contribution in [0.2, 0.25) is 18.1 Å². The molecule has 1 fully saturated rings. The number of hydrogen-bond acceptors (Lipinski definition) is 3. The molecule has 1 heterocycles. The average Bonchev–Trinajstić information content (AvgIpc) is 2.60. The van der Waals surface area contributed by atoms with Crippen LogP contribution in [0.1, 0.15) is 50.9 Å². The summed E-state index contributed by atoms with van der Waals surface area (Å²) in [6.07, 6.45) is 2.14. The van der Waals surface area contributed by atoms with Gasteiger partial charge in [0.15, 0.2) is 8.32 Å². The molecule has 1 amide bonds. The van der Waals surface area contributed by atoms with Gasteiger partial charge in [0.05, 0.1) is 16.6 Å². The standard InChI is InChI=1S/C21H34BrNO3Si/c1-7-25-19-17(11-8-12-18(19)22)20(24)23-13-9-10-16(14-23)15-26-27(5,6)21(2,3)4/h8,11-12,16H,7,9-10,13-15H2,1-6H3/t16-/m1/s1. The second-order valence-electron chi connectivity index (χ2n) is 8.88. The molecule has 0 bridgehead atoms. The number of ether oxygens (including phenoxy) is 1. The first-order valence-electron chi connectivity index (χ1n) is 9.91. The number of carbonyl (C=O) groups excluding carboxylic acids is 1. The van der Waals surface area contributed by atoms with Crippen LogP contribution in [0.5, 0.6) is 5.75 Å². The van der Waals surface area contributed by atoms with E-state index >= 15 is 0 Å². The SMILES string of the molecule is CCOc1c(Br)cccc1C(=O)N1CCC[C@@H](CO[Si](C)(C)C(C)(C)C)C1. The van der Waals surface area contributed by atoms with Crippen molar-refractivity contribution in [3.63, 3.8) is 0 Å². The molecule has 0 saturated carbocycles. The van der Waals surface area contributed by atoms with Crippen molar-refractivity contribution < 1.29 is 14.0 Å². The third-order valence-corrected chi connectivity index (χ3v) is 10.9. The van der Waals surface area contributed by atoms with Crippen molar-refractivity contribution in [1.82, 2.24) is 4.90 Å². The Bertz CT molecular complexity index is 657. The van der Waals surface area contributed by atoms with Gasteiger partial charge in [-0.2, -0.15) is 0 Å². The van der Waals surface area contributed by atoms with Crippen molar-refractivity contribution in [2.75, 3.05) is 26.3 Å². The van der Waals surface area contributed by atoms with E-state index in [9.17, 15) is 4.79 Å². The fourth-order valence-corrected chi connectivity index (χ4v) is 4.63. The van der Waals surface area contributed by atoms with E-state index in [0.717, 1.165) is 37.0 Å². The fraction of sp³-hybridized carbons (Fsp3) is 0.667. The maximum Gasteiger partial charge on any atom is 0.257 e. The summed E-state index contributed by atoms with van der Waals surface area (Å²) in [5.74, 6) is 1.10. The van der Waals surface area contributed by atoms with E-state index in [-0.39, 0.29) is 10.9 Å². The van der Waals surface area contributed by atoms with Crippen LogP contribution < -0.4 is 4.74 Å². The molecule has 0 spiro atoms. The van der Waals surface area contributed by atoms with Crippen LogP contribution in [0.15, 0.2) is 22.7 Å². The second-order valence-corrected chi connectivity index (χ2v) is 14.5. The molecule has 1 aliphatic rings. The Balaban J connectivity index is 2.06. The van der Waals surface area contributed by atoms with Crippen LogP contribution in [-0.4, -0.2) is 45.4 Å². The van der Waals surface area contributed by atoms with Gasteiger partial charge in [0.1, 0.15) is 5.75 Å². The third kappa shape index (κ3) is 5.58. The zero-order chi connectivity index (χ0) is 20.2. The molecule has 0 aromatic heterocycles. The summed E-state index contributed by atoms with van der Waals surface area (Å²) in [5.41, 5.74) is 0.636. The van der Waals surface area contributed by atoms with Crippen molar-refractivity contribution in [2.24, 2.45) is 5.92 Å². The maximum absolute atomic E-state index is 13.1. The summed E-state index contributed by atoms with van der Waals surface area (Å²) >= 11 is 3.51. The first-order valence-corrected chi connectivity index (χ1v) is 13.6.